The molecule has 79 heavy (non-hydrogen) atoms. The monoisotopic (exact) mass is 1100 g/mol. The van der Waals surface area contributed by atoms with Crippen LogP contribution in [0.5, 0.6) is 0 Å². The minimum Gasteiger partial charge on any atom is -0.545 e. The standard InChI is InChI=1S/C70H115NO8/c1-6-8-10-12-14-16-18-20-22-24-26-28-29-30-31-32-33-34-35-36-37-38-39-41-43-45-47-49-51-53-55-57-59-61-68(73)79-66(65-78-70(69(74)75)76-63-62-71(3,4)5)64-77-67(72)60-58-56-54-52-50-48-46-44-42-40-27-25-23-21-19-17-15-13-11-9-7-2/h8,10,14,16,19-22,25-28,30-31,33-34,36-37,39,41-42,44,66,70H,6-7,9,11-13,15,17-18,23-24,29,32,35,38,40,43,45-65H2,1-5H3/b10-8-,16-14-,21-19-,22-20-,27-25-,28-26-,31-30-,34-33-,37-36-,41-39-,44-42-. The molecule has 0 aliphatic heterocycles. The van der Waals surface area contributed by atoms with Crippen molar-refractivity contribution in [2.75, 3.05) is 47.5 Å². The molecule has 0 fully saturated rings. The van der Waals surface area contributed by atoms with Crippen molar-refractivity contribution < 1.29 is 42.9 Å². The predicted molar refractivity (Wildman–Crippen MR) is 333 cm³/mol. The van der Waals surface area contributed by atoms with Crippen LogP contribution in [-0.2, 0) is 33.3 Å². The summed E-state index contributed by atoms with van der Waals surface area (Å²) in [5.41, 5.74) is 0. The quantitative estimate of drug-likeness (QED) is 0.0195. The van der Waals surface area contributed by atoms with Crippen molar-refractivity contribution in [3.05, 3.63) is 134 Å². The highest BCUT2D eigenvalue weighted by Crippen LogP contribution is 2.14. The van der Waals surface area contributed by atoms with Gasteiger partial charge in [0.2, 0.25) is 0 Å². The lowest BCUT2D eigenvalue weighted by atomic mass is 10.1. The molecule has 448 valence electrons. The van der Waals surface area contributed by atoms with Crippen LogP contribution in [0.4, 0.5) is 0 Å². The summed E-state index contributed by atoms with van der Waals surface area (Å²) in [5, 5.41) is 11.8. The SMILES string of the molecule is CC/C=C\C/C=C\C/C=C\C/C=C\C/C=C\C/C=C\C/C=C\C/C=C\CCCCCCCCCCC(=O)OC(COC(=O)CCCCCCCC/C=C\C/C=C\C/C=C\CCCCCCC)COC(OCC[N+](C)(C)C)C(=O)[O-]. The van der Waals surface area contributed by atoms with Gasteiger partial charge in [-0.1, -0.05) is 237 Å². The van der Waals surface area contributed by atoms with E-state index in [1.807, 2.05) is 21.1 Å². The van der Waals surface area contributed by atoms with Gasteiger partial charge < -0.3 is 33.3 Å². The van der Waals surface area contributed by atoms with Crippen LogP contribution in [0.2, 0.25) is 0 Å². The van der Waals surface area contributed by atoms with Gasteiger partial charge >= 0.3 is 11.9 Å². The number of carboxylic acids is 1. The maximum Gasteiger partial charge on any atom is 0.306 e. The molecule has 0 saturated carbocycles. The van der Waals surface area contributed by atoms with Crippen LogP contribution in [-0.4, -0.2) is 82.3 Å². The summed E-state index contributed by atoms with van der Waals surface area (Å²) in [6.07, 6.45) is 82.1. The molecule has 0 bridgehead atoms. The van der Waals surface area contributed by atoms with Crippen LogP contribution < -0.4 is 5.11 Å². The number of likely N-dealkylation sites (N-methyl/N-ethyl adjacent to an activating group) is 1. The molecule has 0 amide bonds. The molecule has 0 saturated heterocycles. The smallest absolute Gasteiger partial charge is 0.306 e. The summed E-state index contributed by atoms with van der Waals surface area (Å²) in [6, 6.07) is 0. The van der Waals surface area contributed by atoms with Crippen LogP contribution in [0.25, 0.3) is 0 Å². The maximum atomic E-state index is 12.9. The number of aliphatic carboxylic acids is 1. The van der Waals surface area contributed by atoms with E-state index in [2.05, 4.69) is 148 Å². The van der Waals surface area contributed by atoms with Crippen molar-refractivity contribution in [1.29, 1.82) is 0 Å². The summed E-state index contributed by atoms with van der Waals surface area (Å²) < 4.78 is 22.7. The third-order valence-corrected chi connectivity index (χ3v) is 12.9. The lowest BCUT2D eigenvalue weighted by Gasteiger charge is -2.26. The van der Waals surface area contributed by atoms with Crippen LogP contribution in [0, 0.1) is 0 Å². The number of ether oxygens (including phenoxy) is 4. The molecule has 0 aromatic rings. The summed E-state index contributed by atoms with van der Waals surface area (Å²) in [5.74, 6) is -2.32. The van der Waals surface area contributed by atoms with E-state index in [0.29, 0.717) is 17.4 Å². The van der Waals surface area contributed by atoms with Gasteiger partial charge in [0.25, 0.3) is 0 Å². The number of hydrogen-bond donors (Lipinski definition) is 0. The third kappa shape index (κ3) is 60.9. The van der Waals surface area contributed by atoms with E-state index >= 15 is 0 Å². The Balaban J connectivity index is 4.28. The van der Waals surface area contributed by atoms with E-state index < -0.39 is 24.3 Å². The topological polar surface area (TPSA) is 111 Å². The number of allylic oxidation sites excluding steroid dienone is 22. The molecular weight excluding hydrogens is 983 g/mol. The number of quaternary nitrogens is 1. The average molecular weight is 1100 g/mol. The number of unbranched alkanes of at least 4 members (excludes halogenated alkanes) is 19. The lowest BCUT2D eigenvalue weighted by Crippen LogP contribution is -2.44. The summed E-state index contributed by atoms with van der Waals surface area (Å²) in [4.78, 5) is 37.4. The molecule has 0 N–H and O–H groups in total. The highest BCUT2D eigenvalue weighted by Gasteiger charge is 2.22. The molecule has 0 aliphatic rings. The molecule has 0 aromatic heterocycles. The number of hydrogen-bond acceptors (Lipinski definition) is 8. The molecule has 9 heteroatoms. The Bertz CT molecular complexity index is 1750. The van der Waals surface area contributed by atoms with Crippen molar-refractivity contribution in [3.8, 4) is 0 Å². The Labute approximate surface area is 484 Å². The molecule has 2 unspecified atom stereocenters. The Hall–Kier alpha value is -4.57. The van der Waals surface area contributed by atoms with Crippen LogP contribution in [0.1, 0.15) is 232 Å². The highest BCUT2D eigenvalue weighted by molar-refractivity contribution is 5.70. The number of rotatable bonds is 56. The second-order valence-electron chi connectivity index (χ2n) is 21.6. The summed E-state index contributed by atoms with van der Waals surface area (Å²) in [7, 11) is 5.91. The zero-order valence-electron chi connectivity index (χ0n) is 50.9. The zero-order chi connectivity index (χ0) is 57.6. The molecule has 0 heterocycles. The van der Waals surface area contributed by atoms with E-state index in [0.717, 1.165) is 128 Å². The van der Waals surface area contributed by atoms with E-state index in [4.69, 9.17) is 18.9 Å². The second-order valence-corrected chi connectivity index (χ2v) is 21.6. The van der Waals surface area contributed by atoms with Crippen LogP contribution >= 0.6 is 0 Å². The van der Waals surface area contributed by atoms with Gasteiger partial charge in [0.1, 0.15) is 13.2 Å². The number of carbonyl (C=O) groups is 3. The molecule has 2 atom stereocenters. The van der Waals surface area contributed by atoms with Crippen molar-refractivity contribution in [2.45, 2.75) is 245 Å². The van der Waals surface area contributed by atoms with Crippen molar-refractivity contribution >= 4 is 17.9 Å². The van der Waals surface area contributed by atoms with Gasteiger partial charge in [-0.15, -0.1) is 0 Å². The maximum absolute atomic E-state index is 12.9. The van der Waals surface area contributed by atoms with Gasteiger partial charge in [-0.3, -0.25) is 9.59 Å². The zero-order valence-corrected chi connectivity index (χ0v) is 50.9. The fourth-order valence-corrected chi connectivity index (χ4v) is 8.09. The van der Waals surface area contributed by atoms with Gasteiger partial charge in [0.15, 0.2) is 12.4 Å². The Morgan fingerprint density at radius 2 is 0.722 bits per heavy atom. The lowest BCUT2D eigenvalue weighted by molar-refractivity contribution is -0.870. The highest BCUT2D eigenvalue weighted by atomic mass is 16.7. The number of carboxylic acid groups (broad SMARTS) is 1. The fourth-order valence-electron chi connectivity index (χ4n) is 8.09. The minimum atomic E-state index is -1.64. The van der Waals surface area contributed by atoms with Gasteiger partial charge in [0.05, 0.1) is 40.3 Å². The third-order valence-electron chi connectivity index (χ3n) is 12.9. The average Bonchev–Trinajstić information content (AvgIpc) is 3.42. The fraction of sp³-hybridized carbons (Fsp3) is 0.643. The molecule has 0 rings (SSSR count). The summed E-state index contributed by atoms with van der Waals surface area (Å²) >= 11 is 0. The molecule has 0 aliphatic carbocycles. The van der Waals surface area contributed by atoms with E-state index in [1.54, 1.807) is 0 Å². The van der Waals surface area contributed by atoms with E-state index in [1.165, 1.54) is 70.6 Å². The molecule has 0 radical (unpaired) electrons. The second kappa shape index (κ2) is 59.5. The van der Waals surface area contributed by atoms with Crippen LogP contribution in [0.3, 0.4) is 0 Å². The first-order valence-corrected chi connectivity index (χ1v) is 31.3. The van der Waals surface area contributed by atoms with Gasteiger partial charge in [-0.05, 0) is 116 Å². The molecule has 0 aromatic carbocycles. The molecule has 0 spiro atoms. The van der Waals surface area contributed by atoms with E-state index in [9.17, 15) is 19.5 Å². The number of carbonyl (C=O) groups excluding carboxylic acids is 3. The van der Waals surface area contributed by atoms with Gasteiger partial charge in [-0.2, -0.15) is 0 Å². The number of esters is 2. The normalized spacial score (nSPS) is 13.7. The van der Waals surface area contributed by atoms with Crippen molar-refractivity contribution in [2.24, 2.45) is 0 Å². The Kier molecular flexibility index (Phi) is 56.1. The van der Waals surface area contributed by atoms with E-state index in [-0.39, 0.29) is 38.6 Å². The Morgan fingerprint density at radius 3 is 1.08 bits per heavy atom. The largest absolute Gasteiger partial charge is 0.545 e. The Morgan fingerprint density at radius 1 is 0.392 bits per heavy atom. The summed E-state index contributed by atoms with van der Waals surface area (Å²) in [6.45, 7) is 4.58. The predicted octanol–water partition coefficient (Wildman–Crippen LogP) is 17.7. The van der Waals surface area contributed by atoms with Gasteiger partial charge in [0, 0.05) is 12.8 Å². The first kappa shape index (κ1) is 74.4. The van der Waals surface area contributed by atoms with Crippen molar-refractivity contribution in [1.82, 2.24) is 0 Å². The van der Waals surface area contributed by atoms with Gasteiger partial charge in [-0.25, -0.2) is 0 Å². The minimum absolute atomic E-state index is 0.136. The first-order chi connectivity index (χ1) is 38.6. The number of nitrogens with zero attached hydrogens (tertiary/aromatic N) is 1. The van der Waals surface area contributed by atoms with Crippen molar-refractivity contribution in [3.63, 3.8) is 0 Å². The molecule has 9 nitrogen and oxygen atoms in total. The molecular formula is C70H115NO8. The van der Waals surface area contributed by atoms with Crippen LogP contribution in [0.15, 0.2) is 134 Å². The first-order valence-electron chi connectivity index (χ1n) is 31.3.